The molecule has 96 valence electrons. The highest BCUT2D eigenvalue weighted by Crippen LogP contribution is 2.30. The van der Waals surface area contributed by atoms with Crippen LogP contribution in [0.4, 0.5) is 0 Å². The highest BCUT2D eigenvalue weighted by atomic mass is 16.2. The van der Waals surface area contributed by atoms with E-state index < -0.39 is 0 Å². The normalized spacial score (nSPS) is 24.7. The SMILES string of the molecule is CCC(CC#N)NC(=O)C1NCCCC1(C)C. The standard InChI is InChI=1S/C13H23N3O/c1-4-10(6-8-14)16-12(17)11-13(2,3)7-5-9-15-11/h10-11,15H,4-7,9H2,1-3H3,(H,16,17). The molecule has 4 nitrogen and oxygen atoms in total. The van der Waals surface area contributed by atoms with Crippen molar-refractivity contribution in [2.75, 3.05) is 6.54 Å². The lowest BCUT2D eigenvalue weighted by Crippen LogP contribution is -2.57. The third-order valence-corrected chi connectivity index (χ3v) is 3.57. The van der Waals surface area contributed by atoms with Crippen molar-refractivity contribution in [1.29, 1.82) is 5.26 Å². The van der Waals surface area contributed by atoms with Gasteiger partial charge in [-0.3, -0.25) is 4.79 Å². The Morgan fingerprint density at radius 2 is 2.35 bits per heavy atom. The number of amides is 1. The zero-order valence-electron chi connectivity index (χ0n) is 11.0. The summed E-state index contributed by atoms with van der Waals surface area (Å²) >= 11 is 0. The predicted molar refractivity (Wildman–Crippen MR) is 67.3 cm³/mol. The summed E-state index contributed by atoms with van der Waals surface area (Å²) in [7, 11) is 0. The third kappa shape index (κ3) is 3.71. The molecule has 2 atom stereocenters. The average molecular weight is 237 g/mol. The van der Waals surface area contributed by atoms with Crippen LogP contribution in [0.5, 0.6) is 0 Å². The van der Waals surface area contributed by atoms with Crippen LogP contribution < -0.4 is 10.6 Å². The minimum atomic E-state index is -0.135. The van der Waals surface area contributed by atoms with Crippen LogP contribution in [0.25, 0.3) is 0 Å². The molecule has 4 heteroatoms. The van der Waals surface area contributed by atoms with Crippen molar-refractivity contribution in [1.82, 2.24) is 10.6 Å². The number of hydrogen-bond donors (Lipinski definition) is 2. The number of carbonyl (C=O) groups is 1. The van der Waals surface area contributed by atoms with Gasteiger partial charge >= 0.3 is 0 Å². The smallest absolute Gasteiger partial charge is 0.237 e. The highest BCUT2D eigenvalue weighted by Gasteiger charge is 2.37. The molecule has 0 aromatic heterocycles. The van der Waals surface area contributed by atoms with Gasteiger partial charge in [-0.15, -0.1) is 0 Å². The minimum Gasteiger partial charge on any atom is -0.351 e. The second-order valence-electron chi connectivity index (χ2n) is 5.46. The van der Waals surface area contributed by atoms with Crippen LogP contribution in [-0.4, -0.2) is 24.5 Å². The minimum absolute atomic E-state index is 0.00668. The van der Waals surface area contributed by atoms with Gasteiger partial charge in [0, 0.05) is 6.04 Å². The number of nitriles is 1. The van der Waals surface area contributed by atoms with Crippen LogP contribution in [0.3, 0.4) is 0 Å². The van der Waals surface area contributed by atoms with Crippen LogP contribution in [-0.2, 0) is 4.79 Å². The lowest BCUT2D eigenvalue weighted by atomic mass is 9.77. The van der Waals surface area contributed by atoms with E-state index in [1.165, 1.54) is 0 Å². The van der Waals surface area contributed by atoms with Crippen molar-refractivity contribution in [2.45, 2.75) is 58.5 Å². The molecule has 0 aliphatic carbocycles. The molecular formula is C13H23N3O. The fraction of sp³-hybridized carbons (Fsp3) is 0.846. The molecule has 0 saturated carbocycles. The van der Waals surface area contributed by atoms with Crippen LogP contribution in [0, 0.1) is 16.7 Å². The summed E-state index contributed by atoms with van der Waals surface area (Å²) in [6.45, 7) is 7.13. The Labute approximate surface area is 104 Å². The number of rotatable bonds is 4. The molecule has 0 aromatic rings. The molecule has 1 saturated heterocycles. The molecule has 1 rings (SSSR count). The van der Waals surface area contributed by atoms with Crippen LogP contribution in [0.15, 0.2) is 0 Å². The van der Waals surface area contributed by atoms with E-state index in [4.69, 9.17) is 5.26 Å². The first-order valence-electron chi connectivity index (χ1n) is 6.42. The van der Waals surface area contributed by atoms with E-state index in [1.807, 2.05) is 6.92 Å². The summed E-state index contributed by atoms with van der Waals surface area (Å²) < 4.78 is 0. The Hall–Kier alpha value is -1.08. The van der Waals surface area contributed by atoms with E-state index in [2.05, 4.69) is 30.6 Å². The molecular weight excluding hydrogens is 214 g/mol. The van der Waals surface area contributed by atoms with Gasteiger partial charge in [0.25, 0.3) is 0 Å². The molecule has 1 aliphatic rings. The summed E-state index contributed by atoms with van der Waals surface area (Å²) in [6, 6.07) is 1.96. The number of carbonyl (C=O) groups excluding carboxylic acids is 1. The molecule has 0 radical (unpaired) electrons. The number of nitrogens with one attached hydrogen (secondary N) is 2. The Morgan fingerprint density at radius 1 is 1.65 bits per heavy atom. The van der Waals surface area contributed by atoms with Gasteiger partial charge in [-0.05, 0) is 31.2 Å². The van der Waals surface area contributed by atoms with Crippen molar-refractivity contribution in [3.8, 4) is 6.07 Å². The maximum atomic E-state index is 12.2. The Kier molecular flexibility index (Phi) is 4.95. The molecule has 17 heavy (non-hydrogen) atoms. The highest BCUT2D eigenvalue weighted by molar-refractivity contribution is 5.83. The van der Waals surface area contributed by atoms with E-state index in [0.717, 1.165) is 25.8 Å². The van der Waals surface area contributed by atoms with E-state index >= 15 is 0 Å². The average Bonchev–Trinajstić information content (AvgIpc) is 2.27. The van der Waals surface area contributed by atoms with Gasteiger partial charge in [0.2, 0.25) is 5.91 Å². The summed E-state index contributed by atoms with van der Waals surface area (Å²) in [5.74, 6) is 0.0387. The zero-order chi connectivity index (χ0) is 12.9. The molecule has 2 unspecified atom stereocenters. The molecule has 1 fully saturated rings. The van der Waals surface area contributed by atoms with Gasteiger partial charge in [-0.25, -0.2) is 0 Å². The first-order chi connectivity index (χ1) is 8.01. The van der Waals surface area contributed by atoms with Crippen LogP contribution in [0.1, 0.15) is 46.5 Å². The van der Waals surface area contributed by atoms with Gasteiger partial charge in [-0.1, -0.05) is 20.8 Å². The summed E-state index contributed by atoms with van der Waals surface area (Å²) in [5.41, 5.74) is -0.00668. The van der Waals surface area contributed by atoms with E-state index in [0.29, 0.717) is 6.42 Å². The summed E-state index contributed by atoms with van der Waals surface area (Å²) in [5, 5.41) is 14.9. The summed E-state index contributed by atoms with van der Waals surface area (Å²) in [4.78, 5) is 12.2. The maximum Gasteiger partial charge on any atom is 0.237 e. The lowest BCUT2D eigenvalue weighted by molar-refractivity contribution is -0.127. The molecule has 0 bridgehead atoms. The quantitative estimate of drug-likeness (QED) is 0.780. The van der Waals surface area contributed by atoms with Gasteiger partial charge in [0.15, 0.2) is 0 Å². The topological polar surface area (TPSA) is 64.9 Å². The van der Waals surface area contributed by atoms with Crippen LogP contribution in [0.2, 0.25) is 0 Å². The molecule has 0 spiro atoms. The Balaban J connectivity index is 2.59. The van der Waals surface area contributed by atoms with Gasteiger partial charge in [-0.2, -0.15) is 5.26 Å². The second kappa shape index (κ2) is 6.02. The first kappa shape index (κ1) is 14.0. The number of hydrogen-bond acceptors (Lipinski definition) is 3. The van der Waals surface area contributed by atoms with E-state index in [-0.39, 0.29) is 23.4 Å². The van der Waals surface area contributed by atoms with Crippen LogP contribution >= 0.6 is 0 Å². The first-order valence-corrected chi connectivity index (χ1v) is 6.42. The second-order valence-corrected chi connectivity index (χ2v) is 5.46. The van der Waals surface area contributed by atoms with Gasteiger partial charge in [0.05, 0.1) is 18.5 Å². The fourth-order valence-corrected chi connectivity index (χ4v) is 2.35. The molecule has 1 heterocycles. The van der Waals surface area contributed by atoms with Crippen molar-refractivity contribution in [2.24, 2.45) is 5.41 Å². The zero-order valence-corrected chi connectivity index (χ0v) is 11.0. The Morgan fingerprint density at radius 3 is 2.88 bits per heavy atom. The van der Waals surface area contributed by atoms with Crippen molar-refractivity contribution in [3.63, 3.8) is 0 Å². The lowest BCUT2D eigenvalue weighted by Gasteiger charge is -2.38. The molecule has 2 N–H and O–H groups in total. The van der Waals surface area contributed by atoms with E-state index in [9.17, 15) is 4.79 Å². The van der Waals surface area contributed by atoms with Crippen molar-refractivity contribution >= 4 is 5.91 Å². The Bertz CT molecular complexity index is 306. The van der Waals surface area contributed by atoms with E-state index in [1.54, 1.807) is 0 Å². The largest absolute Gasteiger partial charge is 0.351 e. The number of piperidine rings is 1. The molecule has 1 amide bonds. The fourth-order valence-electron chi connectivity index (χ4n) is 2.35. The van der Waals surface area contributed by atoms with Crippen molar-refractivity contribution in [3.05, 3.63) is 0 Å². The number of nitrogens with zero attached hydrogens (tertiary/aromatic N) is 1. The third-order valence-electron chi connectivity index (χ3n) is 3.57. The van der Waals surface area contributed by atoms with Gasteiger partial charge < -0.3 is 10.6 Å². The predicted octanol–water partition coefficient (Wildman–Crippen LogP) is 1.57. The molecule has 0 aromatic carbocycles. The maximum absolute atomic E-state index is 12.2. The summed E-state index contributed by atoms with van der Waals surface area (Å²) in [6.07, 6.45) is 3.36. The monoisotopic (exact) mass is 237 g/mol. The molecule has 1 aliphatic heterocycles. The van der Waals surface area contributed by atoms with Crippen molar-refractivity contribution < 1.29 is 4.79 Å². The van der Waals surface area contributed by atoms with Gasteiger partial charge in [0.1, 0.15) is 0 Å².